The van der Waals surface area contributed by atoms with E-state index in [1.807, 2.05) is 12.1 Å². The Morgan fingerprint density at radius 3 is 2.94 bits per heavy atom. The SMILES string of the molecule is CN1CCC2(C)/C(=N/O)C1Cc1ccc(O)cc12. The van der Waals surface area contributed by atoms with Crippen LogP contribution in [0.2, 0.25) is 0 Å². The second-order valence-corrected chi connectivity index (χ2v) is 5.61. The Labute approximate surface area is 107 Å². The van der Waals surface area contributed by atoms with Crippen LogP contribution in [-0.2, 0) is 11.8 Å². The van der Waals surface area contributed by atoms with E-state index >= 15 is 0 Å². The van der Waals surface area contributed by atoms with Crippen LogP contribution in [0.5, 0.6) is 5.75 Å². The fourth-order valence-electron chi connectivity index (χ4n) is 3.43. The van der Waals surface area contributed by atoms with Crippen molar-refractivity contribution in [2.75, 3.05) is 13.6 Å². The number of benzene rings is 1. The molecule has 0 amide bonds. The van der Waals surface area contributed by atoms with Crippen molar-refractivity contribution in [3.8, 4) is 5.75 Å². The van der Waals surface area contributed by atoms with E-state index in [0.717, 1.165) is 30.7 Å². The van der Waals surface area contributed by atoms with Gasteiger partial charge in [-0.2, -0.15) is 0 Å². The molecule has 0 radical (unpaired) electrons. The molecule has 0 aromatic heterocycles. The number of fused-ring (bicyclic) bond motifs is 4. The molecular weight excluding hydrogens is 228 g/mol. The third-order valence-corrected chi connectivity index (χ3v) is 4.59. The van der Waals surface area contributed by atoms with E-state index in [0.29, 0.717) is 0 Å². The van der Waals surface area contributed by atoms with Gasteiger partial charge in [0.25, 0.3) is 0 Å². The summed E-state index contributed by atoms with van der Waals surface area (Å²) in [5.74, 6) is 0.282. The summed E-state index contributed by atoms with van der Waals surface area (Å²) in [6.07, 6.45) is 1.76. The van der Waals surface area contributed by atoms with Gasteiger partial charge in [-0.05, 0) is 56.6 Å². The van der Waals surface area contributed by atoms with Crippen molar-refractivity contribution in [2.24, 2.45) is 5.16 Å². The smallest absolute Gasteiger partial charge is 0.115 e. The molecule has 18 heavy (non-hydrogen) atoms. The maximum atomic E-state index is 9.70. The summed E-state index contributed by atoms with van der Waals surface area (Å²) in [4.78, 5) is 2.24. The molecule has 1 aromatic carbocycles. The fourth-order valence-corrected chi connectivity index (χ4v) is 3.43. The van der Waals surface area contributed by atoms with Crippen LogP contribution in [0.4, 0.5) is 0 Å². The van der Waals surface area contributed by atoms with E-state index in [4.69, 9.17) is 0 Å². The summed E-state index contributed by atoms with van der Waals surface area (Å²) in [6.45, 7) is 3.09. The van der Waals surface area contributed by atoms with Crippen molar-refractivity contribution < 1.29 is 10.3 Å². The molecule has 1 aliphatic heterocycles. The van der Waals surface area contributed by atoms with Gasteiger partial charge in [-0.3, -0.25) is 4.90 Å². The molecule has 2 aliphatic rings. The van der Waals surface area contributed by atoms with E-state index in [9.17, 15) is 10.3 Å². The number of aromatic hydroxyl groups is 1. The van der Waals surface area contributed by atoms with Crippen LogP contribution < -0.4 is 0 Å². The second kappa shape index (κ2) is 3.72. The average molecular weight is 246 g/mol. The van der Waals surface area contributed by atoms with Crippen LogP contribution in [0.25, 0.3) is 0 Å². The van der Waals surface area contributed by atoms with E-state index in [-0.39, 0.29) is 17.2 Å². The summed E-state index contributed by atoms with van der Waals surface area (Å²) < 4.78 is 0. The highest BCUT2D eigenvalue weighted by Gasteiger charge is 2.47. The second-order valence-electron chi connectivity index (χ2n) is 5.61. The van der Waals surface area contributed by atoms with E-state index < -0.39 is 0 Å². The Morgan fingerprint density at radius 2 is 2.22 bits per heavy atom. The standard InChI is InChI=1S/C14H18N2O2/c1-14-5-6-16(2)12(13(14)15-18)7-9-3-4-10(17)8-11(9)14/h3-4,8,12,17-18H,5-7H2,1-2H3/b15-13+. The van der Waals surface area contributed by atoms with E-state index in [1.54, 1.807) is 6.07 Å². The van der Waals surface area contributed by atoms with Gasteiger partial charge >= 0.3 is 0 Å². The first-order valence-electron chi connectivity index (χ1n) is 6.31. The van der Waals surface area contributed by atoms with Gasteiger partial charge < -0.3 is 10.3 Å². The first-order chi connectivity index (χ1) is 8.56. The first-order valence-corrected chi connectivity index (χ1v) is 6.31. The molecule has 2 atom stereocenters. The van der Waals surface area contributed by atoms with Gasteiger partial charge in [0.05, 0.1) is 11.8 Å². The number of oxime groups is 1. The molecule has 4 nitrogen and oxygen atoms in total. The van der Waals surface area contributed by atoms with Gasteiger partial charge in [0.15, 0.2) is 0 Å². The quantitative estimate of drug-likeness (QED) is 0.541. The van der Waals surface area contributed by atoms with Crippen LogP contribution in [0.15, 0.2) is 23.4 Å². The molecule has 1 aliphatic carbocycles. The third kappa shape index (κ3) is 1.38. The zero-order valence-corrected chi connectivity index (χ0v) is 10.7. The van der Waals surface area contributed by atoms with Crippen LogP contribution in [0, 0.1) is 0 Å². The van der Waals surface area contributed by atoms with Gasteiger partial charge in [0.1, 0.15) is 5.75 Å². The van der Waals surface area contributed by atoms with Crippen LogP contribution in [0.1, 0.15) is 24.5 Å². The molecule has 2 bridgehead atoms. The normalized spacial score (nSPS) is 33.4. The maximum absolute atomic E-state index is 9.70. The highest BCUT2D eigenvalue weighted by atomic mass is 16.4. The Hall–Kier alpha value is -1.55. The van der Waals surface area contributed by atoms with Crippen molar-refractivity contribution in [3.05, 3.63) is 29.3 Å². The Morgan fingerprint density at radius 1 is 1.44 bits per heavy atom. The Kier molecular flexibility index (Phi) is 2.38. The molecule has 0 spiro atoms. The third-order valence-electron chi connectivity index (χ3n) is 4.59. The monoisotopic (exact) mass is 246 g/mol. The number of phenolic OH excluding ortho intramolecular Hbond substituents is 1. The number of likely N-dealkylation sites (tertiary alicyclic amines) is 1. The number of phenols is 1. The lowest BCUT2D eigenvalue weighted by Gasteiger charge is -2.48. The molecule has 1 aromatic rings. The van der Waals surface area contributed by atoms with E-state index in [1.165, 1.54) is 5.56 Å². The van der Waals surface area contributed by atoms with Crippen LogP contribution in [0.3, 0.4) is 0 Å². The maximum Gasteiger partial charge on any atom is 0.115 e. The van der Waals surface area contributed by atoms with Crippen LogP contribution >= 0.6 is 0 Å². The molecule has 1 fully saturated rings. The molecule has 96 valence electrons. The number of hydrogen-bond acceptors (Lipinski definition) is 4. The van der Waals surface area contributed by atoms with E-state index in [2.05, 4.69) is 24.0 Å². The van der Waals surface area contributed by atoms with Crippen molar-refractivity contribution in [2.45, 2.75) is 31.2 Å². The highest BCUT2D eigenvalue weighted by molar-refractivity contribution is 6.01. The van der Waals surface area contributed by atoms with Crippen molar-refractivity contribution in [1.82, 2.24) is 4.90 Å². The molecule has 4 heteroatoms. The van der Waals surface area contributed by atoms with Gasteiger partial charge in [0.2, 0.25) is 0 Å². The lowest BCUT2D eigenvalue weighted by atomic mass is 9.63. The number of piperidine rings is 1. The fraction of sp³-hybridized carbons (Fsp3) is 0.500. The Balaban J connectivity index is 2.22. The lowest BCUT2D eigenvalue weighted by molar-refractivity contribution is 0.209. The number of nitrogens with zero attached hydrogens (tertiary/aromatic N) is 2. The molecule has 2 unspecified atom stereocenters. The zero-order valence-electron chi connectivity index (χ0n) is 10.7. The summed E-state index contributed by atoms with van der Waals surface area (Å²) in [6, 6.07) is 5.72. The number of rotatable bonds is 0. The minimum absolute atomic E-state index is 0.172. The number of likely N-dealkylation sites (N-methyl/N-ethyl adjacent to an activating group) is 1. The molecule has 1 saturated heterocycles. The minimum atomic E-state index is -0.252. The van der Waals surface area contributed by atoms with Crippen molar-refractivity contribution in [3.63, 3.8) is 0 Å². The Bertz CT molecular complexity index is 527. The molecule has 1 heterocycles. The van der Waals surface area contributed by atoms with Gasteiger partial charge in [0, 0.05) is 5.41 Å². The topological polar surface area (TPSA) is 56.1 Å². The first kappa shape index (κ1) is 11.5. The molecule has 3 rings (SSSR count). The lowest BCUT2D eigenvalue weighted by Crippen LogP contribution is -2.58. The molecular formula is C14H18N2O2. The van der Waals surface area contributed by atoms with Crippen molar-refractivity contribution in [1.29, 1.82) is 0 Å². The van der Waals surface area contributed by atoms with Gasteiger partial charge in [-0.25, -0.2) is 0 Å². The summed E-state index contributed by atoms with van der Waals surface area (Å²) >= 11 is 0. The number of hydrogen-bond donors (Lipinski definition) is 2. The molecule has 2 N–H and O–H groups in total. The predicted molar refractivity (Wildman–Crippen MR) is 69.4 cm³/mol. The van der Waals surface area contributed by atoms with Gasteiger partial charge in [-0.15, -0.1) is 0 Å². The summed E-state index contributed by atoms with van der Waals surface area (Å²) in [5, 5.41) is 22.6. The predicted octanol–water partition coefficient (Wildman–Crippen LogP) is 1.74. The highest BCUT2D eigenvalue weighted by Crippen LogP contribution is 2.43. The summed E-state index contributed by atoms with van der Waals surface area (Å²) in [7, 11) is 2.07. The average Bonchev–Trinajstić information content (AvgIpc) is 2.35. The van der Waals surface area contributed by atoms with Gasteiger partial charge in [-0.1, -0.05) is 11.2 Å². The zero-order chi connectivity index (χ0) is 12.9. The van der Waals surface area contributed by atoms with Crippen molar-refractivity contribution >= 4 is 5.71 Å². The minimum Gasteiger partial charge on any atom is -0.508 e. The van der Waals surface area contributed by atoms with Crippen LogP contribution in [-0.4, -0.2) is 40.6 Å². The largest absolute Gasteiger partial charge is 0.508 e. The molecule has 0 saturated carbocycles. The summed E-state index contributed by atoms with van der Waals surface area (Å²) in [5.41, 5.74) is 2.94.